The molecule has 14 heteroatoms. The molecule has 59 heavy (non-hydrogen) atoms. The fourth-order valence-corrected chi connectivity index (χ4v) is 5.02. The van der Waals surface area contributed by atoms with Crippen molar-refractivity contribution in [3.63, 3.8) is 0 Å². The Bertz CT molecular complexity index is 1160. The third-order valence-electron chi connectivity index (χ3n) is 8.91. The van der Waals surface area contributed by atoms with Gasteiger partial charge in [0, 0.05) is 58.4 Å². The minimum atomic E-state index is -0.903. The van der Waals surface area contributed by atoms with Crippen molar-refractivity contribution in [3.05, 3.63) is 136 Å². The van der Waals surface area contributed by atoms with E-state index >= 15 is 0 Å². The van der Waals surface area contributed by atoms with Crippen LogP contribution in [0.1, 0.15) is 108 Å². The van der Waals surface area contributed by atoms with Crippen molar-refractivity contribution in [1.29, 1.82) is 0 Å². The molecule has 3 fully saturated rings. The van der Waals surface area contributed by atoms with E-state index in [0.29, 0.717) is 50.2 Å². The maximum absolute atomic E-state index is 8.83. The average Bonchev–Trinajstić information content (AvgIpc) is 3.14. The molecular formula is C45H70FLiN3O6Ru3-9. The summed E-state index contributed by atoms with van der Waals surface area (Å²) in [7, 11) is 0. The summed E-state index contributed by atoms with van der Waals surface area (Å²) < 4.78 is 0. The molecule has 3 aliphatic heterocycles. The summed E-state index contributed by atoms with van der Waals surface area (Å²) in [5.74, 6) is 4.72. The van der Waals surface area contributed by atoms with Crippen LogP contribution in [-0.2, 0) is 58.4 Å². The summed E-state index contributed by atoms with van der Waals surface area (Å²) in [6.45, 7) is 21.5. The van der Waals surface area contributed by atoms with Gasteiger partial charge in [-0.25, -0.2) is 12.8 Å². The fourth-order valence-electron chi connectivity index (χ4n) is 5.02. The van der Waals surface area contributed by atoms with Crippen LogP contribution in [0.3, 0.4) is 0 Å². The van der Waals surface area contributed by atoms with Gasteiger partial charge in [-0.05, 0) is 68.3 Å². The second kappa shape index (κ2) is 39.8. The molecule has 342 valence electrons. The van der Waals surface area contributed by atoms with Crippen molar-refractivity contribution < 1.29 is 113 Å². The normalized spacial score (nSPS) is 23.5. The Hall–Kier alpha value is 0.218. The Labute approximate surface area is 408 Å². The zero-order valence-corrected chi connectivity index (χ0v) is 41.9. The molecule has 1 aliphatic carbocycles. The third kappa shape index (κ3) is 32.5. The van der Waals surface area contributed by atoms with Gasteiger partial charge in [0.1, 0.15) is 0 Å². The Balaban J connectivity index is -0.000000195. The molecule has 3 heterocycles. The molecule has 0 aromatic heterocycles. The van der Waals surface area contributed by atoms with Crippen molar-refractivity contribution in [2.75, 3.05) is 19.6 Å². The van der Waals surface area contributed by atoms with E-state index in [4.69, 9.17) is 30.6 Å². The predicted molar refractivity (Wildman–Crippen MR) is 223 cm³/mol. The molecule has 2 saturated heterocycles. The molecule has 0 amide bonds. The fraction of sp³-hybridized carbons (Fsp3) is 0.556. The third-order valence-corrected chi connectivity index (χ3v) is 8.91. The zero-order chi connectivity index (χ0) is 40.6. The van der Waals surface area contributed by atoms with Gasteiger partial charge in [-0.2, -0.15) is 0 Å². The van der Waals surface area contributed by atoms with Crippen LogP contribution in [0, 0.1) is 57.3 Å². The molecule has 2 aromatic carbocycles. The van der Waals surface area contributed by atoms with Gasteiger partial charge in [0.2, 0.25) is 0 Å². The first-order chi connectivity index (χ1) is 25.5. The summed E-state index contributed by atoms with van der Waals surface area (Å²) in [5.41, 5.74) is 5.52. The van der Waals surface area contributed by atoms with Crippen LogP contribution in [-0.4, -0.2) is 87.3 Å². The van der Waals surface area contributed by atoms with Gasteiger partial charge in [-0.3, -0.25) is 0 Å². The predicted octanol–water partition coefficient (Wildman–Crippen LogP) is 2.15. The van der Waals surface area contributed by atoms with Crippen molar-refractivity contribution in [1.82, 2.24) is 0 Å². The number of aliphatic hydroxyl groups is 6. The molecular weight excluding hydrogens is 1010 g/mol. The number of aryl methyl sites for hydroxylation is 2. The van der Waals surface area contributed by atoms with Gasteiger partial charge < -0.3 is 88.8 Å². The van der Waals surface area contributed by atoms with E-state index in [9.17, 15) is 0 Å². The standard InChI is InChI=1S/3C10H14.2C5H10NO2.C5H8NO2.FH.Li.3Ru/c3*1-8(2)10-6-4-9(3)5-7-10;3*7-4-2-1-3-6-5(4)8;;;;;/h3*4-8H,1-3H3;2*4-5,7-8H,1-3H2;1-2,4-5,7-8H,3H2;1H;;;;/q;;-6;3*-1;;+1;;;/p-1. The molecule has 6 N–H and O–H groups in total. The zero-order valence-electron chi connectivity index (χ0n) is 36.7. The monoisotopic (exact) mass is 1080 g/mol. The first-order valence-corrected chi connectivity index (χ1v) is 19.5. The van der Waals surface area contributed by atoms with Crippen molar-refractivity contribution in [2.45, 2.75) is 137 Å². The Kier molecular flexibility index (Phi) is 46.0. The molecule has 0 bridgehead atoms. The molecule has 9 nitrogen and oxygen atoms in total. The molecule has 6 rings (SSSR count). The quantitative estimate of drug-likeness (QED) is 0.157. The number of aliphatic hydroxyl groups excluding tert-OH is 6. The van der Waals surface area contributed by atoms with Crippen LogP contribution in [0.15, 0.2) is 60.7 Å². The van der Waals surface area contributed by atoms with E-state index in [1.807, 2.05) is 0 Å². The first-order valence-electron chi connectivity index (χ1n) is 19.5. The first kappa shape index (κ1) is 68.3. The Morgan fingerprint density at radius 3 is 1.20 bits per heavy atom. The topological polar surface area (TPSA) is 164 Å². The summed E-state index contributed by atoms with van der Waals surface area (Å²) in [6.07, 6.45) is 10.6. The number of rotatable bonds is 3. The Morgan fingerprint density at radius 2 is 0.966 bits per heavy atom. The van der Waals surface area contributed by atoms with E-state index in [1.54, 1.807) is 6.08 Å². The average molecular weight is 1080 g/mol. The second-order valence-electron chi connectivity index (χ2n) is 15.0. The summed E-state index contributed by atoms with van der Waals surface area (Å²) in [5, 5.41) is 63.7. The summed E-state index contributed by atoms with van der Waals surface area (Å²) >= 11 is 0. The number of benzene rings is 2. The number of hydrogen-bond acceptors (Lipinski definition) is 6. The van der Waals surface area contributed by atoms with Gasteiger partial charge in [-0.15, -0.1) is 25.7 Å². The largest absolute Gasteiger partial charge is 1.00 e. The van der Waals surface area contributed by atoms with E-state index in [-0.39, 0.29) is 82.0 Å². The molecule has 0 spiro atoms. The molecule has 0 radical (unpaired) electrons. The second-order valence-corrected chi connectivity index (χ2v) is 15.0. The van der Waals surface area contributed by atoms with E-state index in [2.05, 4.69) is 152 Å². The van der Waals surface area contributed by atoms with Crippen LogP contribution >= 0.6 is 0 Å². The van der Waals surface area contributed by atoms with E-state index in [0.717, 1.165) is 12.8 Å². The minimum absolute atomic E-state index is 0. The summed E-state index contributed by atoms with van der Waals surface area (Å²) in [6, 6.07) is 17.4. The summed E-state index contributed by atoms with van der Waals surface area (Å²) in [4.78, 5) is 0. The van der Waals surface area contributed by atoms with Gasteiger partial charge in [0.05, 0.1) is 18.3 Å². The Morgan fingerprint density at radius 1 is 0.593 bits per heavy atom. The maximum atomic E-state index is 8.83. The molecule has 6 atom stereocenters. The SMILES string of the molecule is C[C-]1[CH-][CH-][C-](C(C)C)[CH-][CH-]1.Cc1ccc(C(C)C)cc1.Cc1ccc(C(C)C)cc1.OC1C=CC[N-]C1O.OC1CCC[N-]C1O.OC1CCC[N-]C1O.[F-].[Li+].[Ru].[Ru].[Ru]. The maximum Gasteiger partial charge on any atom is 1.00 e. The number of hydrogen-bond donors (Lipinski definition) is 6. The van der Waals surface area contributed by atoms with Crippen LogP contribution in [0.5, 0.6) is 0 Å². The van der Waals surface area contributed by atoms with E-state index in [1.165, 1.54) is 40.2 Å². The van der Waals surface area contributed by atoms with Crippen LogP contribution < -0.4 is 23.6 Å². The van der Waals surface area contributed by atoms with Gasteiger partial charge in [-0.1, -0.05) is 120 Å². The van der Waals surface area contributed by atoms with Gasteiger partial charge in [0.15, 0.2) is 0 Å². The van der Waals surface area contributed by atoms with Crippen molar-refractivity contribution >= 4 is 0 Å². The molecule has 1 saturated carbocycles. The van der Waals surface area contributed by atoms with E-state index < -0.39 is 37.0 Å². The number of nitrogens with zero attached hydrogens (tertiary/aromatic N) is 3. The van der Waals surface area contributed by atoms with Crippen molar-refractivity contribution in [2.24, 2.45) is 5.92 Å². The smallest absolute Gasteiger partial charge is 1.00 e. The molecule has 6 unspecified atom stereocenters. The van der Waals surface area contributed by atoms with Gasteiger partial charge in [0.25, 0.3) is 0 Å². The van der Waals surface area contributed by atoms with Crippen LogP contribution in [0.25, 0.3) is 16.0 Å². The minimum Gasteiger partial charge on any atom is -1.00 e. The number of halogens is 1. The number of piperidine rings is 2. The van der Waals surface area contributed by atoms with Gasteiger partial charge >= 0.3 is 18.9 Å². The van der Waals surface area contributed by atoms with Crippen LogP contribution in [0.2, 0.25) is 0 Å². The van der Waals surface area contributed by atoms with Crippen LogP contribution in [0.4, 0.5) is 0 Å². The molecule has 2 aromatic rings. The molecule has 4 aliphatic rings. The van der Waals surface area contributed by atoms with Crippen molar-refractivity contribution in [3.8, 4) is 0 Å².